The van der Waals surface area contributed by atoms with Crippen LogP contribution in [-0.2, 0) is 10.1 Å². The van der Waals surface area contributed by atoms with Gasteiger partial charge in [-0.15, -0.1) is 0 Å². The quantitative estimate of drug-likeness (QED) is 0.169. The zero-order chi connectivity index (χ0) is 22.9. The van der Waals surface area contributed by atoms with E-state index in [2.05, 4.69) is 18.7 Å². The smallest absolute Gasteiger partial charge is 0.303 e. The summed E-state index contributed by atoms with van der Waals surface area (Å²) in [4.78, 5) is 2.73. The lowest BCUT2D eigenvalue weighted by Crippen LogP contribution is -2.34. The predicted octanol–water partition coefficient (Wildman–Crippen LogP) is 7.20. The molecule has 182 valence electrons. The minimum Gasteiger partial charge on any atom is -0.303 e. The molecule has 0 aromatic rings. The van der Waals surface area contributed by atoms with E-state index in [1.54, 1.807) is 0 Å². The molecular formula is C22H44F3NO3S. The third kappa shape index (κ3) is 16.4. The van der Waals surface area contributed by atoms with E-state index in [9.17, 15) is 13.2 Å². The van der Waals surface area contributed by atoms with Gasteiger partial charge in [-0.2, -0.15) is 21.6 Å². The molecule has 1 heterocycles. The van der Waals surface area contributed by atoms with E-state index in [1.165, 1.54) is 116 Å². The molecule has 8 heteroatoms. The molecule has 0 aromatic carbocycles. The van der Waals surface area contributed by atoms with E-state index in [0.29, 0.717) is 0 Å². The molecule has 0 saturated carbocycles. The van der Waals surface area contributed by atoms with Crippen LogP contribution in [0.15, 0.2) is 0 Å². The molecule has 1 fully saturated rings. The number of rotatable bonds is 14. The van der Waals surface area contributed by atoms with Crippen molar-refractivity contribution in [3.63, 3.8) is 0 Å². The third-order valence-corrected chi connectivity index (χ3v) is 6.38. The third-order valence-electron chi connectivity index (χ3n) is 5.79. The second-order valence-electron chi connectivity index (χ2n) is 8.53. The van der Waals surface area contributed by atoms with E-state index < -0.39 is 15.6 Å². The molecule has 1 aliphatic heterocycles. The molecule has 1 saturated heterocycles. The van der Waals surface area contributed by atoms with Gasteiger partial charge in [0, 0.05) is 0 Å². The molecule has 0 aliphatic carbocycles. The van der Waals surface area contributed by atoms with E-state index in [1.807, 2.05) is 0 Å². The summed E-state index contributed by atoms with van der Waals surface area (Å²) in [6, 6.07) is 0. The average molecular weight is 460 g/mol. The summed E-state index contributed by atoms with van der Waals surface area (Å²) < 4.78 is 57.5. The number of nitrogens with zero attached hydrogens (tertiary/aromatic N) is 1. The first-order valence-electron chi connectivity index (χ1n) is 11.9. The van der Waals surface area contributed by atoms with Crippen LogP contribution in [0, 0.1) is 5.92 Å². The molecule has 0 radical (unpaired) electrons. The number of unbranched alkanes of at least 4 members (excludes halogenated alkanes) is 10. The van der Waals surface area contributed by atoms with Gasteiger partial charge in [0.05, 0.1) is 0 Å². The van der Waals surface area contributed by atoms with Crippen molar-refractivity contribution in [1.29, 1.82) is 0 Å². The van der Waals surface area contributed by atoms with Crippen molar-refractivity contribution in [2.45, 2.75) is 116 Å². The highest BCUT2D eigenvalue weighted by molar-refractivity contribution is 7.86. The van der Waals surface area contributed by atoms with Crippen molar-refractivity contribution in [1.82, 2.24) is 4.90 Å². The highest BCUT2D eigenvalue weighted by atomic mass is 32.2. The second-order valence-corrected chi connectivity index (χ2v) is 9.94. The van der Waals surface area contributed by atoms with Crippen molar-refractivity contribution in [2.75, 3.05) is 19.6 Å². The number of piperidine rings is 1. The van der Waals surface area contributed by atoms with Crippen LogP contribution in [0.3, 0.4) is 0 Å². The van der Waals surface area contributed by atoms with Gasteiger partial charge in [0.15, 0.2) is 0 Å². The van der Waals surface area contributed by atoms with E-state index in [4.69, 9.17) is 13.0 Å². The minimum atomic E-state index is -5.84. The molecule has 0 spiro atoms. The molecule has 4 nitrogen and oxygen atoms in total. The van der Waals surface area contributed by atoms with Crippen LogP contribution in [0.4, 0.5) is 13.2 Å². The van der Waals surface area contributed by atoms with Crippen LogP contribution in [0.25, 0.3) is 0 Å². The fourth-order valence-electron chi connectivity index (χ4n) is 3.81. The lowest BCUT2D eigenvalue weighted by molar-refractivity contribution is -0.0510. The lowest BCUT2D eigenvalue weighted by Gasteiger charge is -2.32. The van der Waals surface area contributed by atoms with E-state index >= 15 is 0 Å². The summed E-state index contributed by atoms with van der Waals surface area (Å²) in [6.07, 6.45) is 21.8. The maximum Gasteiger partial charge on any atom is 0.522 e. The fraction of sp³-hybridized carbons (Fsp3) is 1.00. The number of hydrogen-bond donors (Lipinski definition) is 1. The molecule has 0 unspecified atom stereocenters. The SMILES string of the molecule is CCCCCCCCCCCCN1CCC(CCCC)CC1.O=S(=O)(O)C(F)(F)F. The minimum absolute atomic E-state index is 1.05. The molecule has 0 aromatic heterocycles. The first-order chi connectivity index (χ1) is 14.1. The normalized spacial score (nSPS) is 16.3. The molecule has 1 N–H and O–H groups in total. The van der Waals surface area contributed by atoms with Crippen LogP contribution in [-0.4, -0.2) is 43.0 Å². The van der Waals surface area contributed by atoms with Gasteiger partial charge in [-0.1, -0.05) is 90.9 Å². The average Bonchev–Trinajstić information content (AvgIpc) is 2.67. The first kappa shape index (κ1) is 29.7. The summed E-state index contributed by atoms with van der Waals surface area (Å²) in [7, 11) is -5.84. The van der Waals surface area contributed by atoms with Gasteiger partial charge in [0.25, 0.3) is 0 Å². The van der Waals surface area contributed by atoms with E-state index in [-0.39, 0.29) is 0 Å². The molecule has 0 bridgehead atoms. The van der Waals surface area contributed by atoms with E-state index in [0.717, 1.165) is 5.92 Å². The standard InChI is InChI=1S/C21H43N.CHF3O3S/c1-3-5-7-8-9-10-11-12-13-14-18-22-19-16-21(17-20-22)15-6-4-2;2-1(3,4)8(5,6)7/h21H,3-20H2,1-2H3;(H,5,6,7). The summed E-state index contributed by atoms with van der Waals surface area (Å²) in [6.45, 7) is 8.75. The summed E-state index contributed by atoms with van der Waals surface area (Å²) in [5, 5.41) is 0. The monoisotopic (exact) mass is 459 g/mol. The van der Waals surface area contributed by atoms with Crippen molar-refractivity contribution in [3.05, 3.63) is 0 Å². The zero-order valence-electron chi connectivity index (χ0n) is 19.1. The lowest BCUT2D eigenvalue weighted by atomic mass is 9.91. The van der Waals surface area contributed by atoms with Crippen LogP contribution < -0.4 is 0 Å². The van der Waals surface area contributed by atoms with Crippen LogP contribution in [0.5, 0.6) is 0 Å². The Morgan fingerprint density at radius 1 is 0.800 bits per heavy atom. The van der Waals surface area contributed by atoms with Crippen molar-refractivity contribution in [3.8, 4) is 0 Å². The topological polar surface area (TPSA) is 57.6 Å². The Kier molecular flexibility index (Phi) is 17.0. The Balaban J connectivity index is 0.000000890. The largest absolute Gasteiger partial charge is 0.522 e. The van der Waals surface area contributed by atoms with Gasteiger partial charge >= 0.3 is 15.6 Å². The van der Waals surface area contributed by atoms with Gasteiger partial charge in [-0.3, -0.25) is 4.55 Å². The van der Waals surface area contributed by atoms with Crippen molar-refractivity contribution in [2.24, 2.45) is 5.92 Å². The van der Waals surface area contributed by atoms with Crippen LogP contribution >= 0.6 is 0 Å². The van der Waals surface area contributed by atoms with Crippen LogP contribution in [0.2, 0.25) is 0 Å². The zero-order valence-corrected chi connectivity index (χ0v) is 19.9. The Morgan fingerprint density at radius 2 is 1.20 bits per heavy atom. The molecule has 0 atom stereocenters. The Bertz CT molecular complexity index is 490. The summed E-state index contributed by atoms with van der Waals surface area (Å²) in [5.74, 6) is 1.05. The molecule has 1 aliphatic rings. The van der Waals surface area contributed by atoms with Gasteiger partial charge in [-0.25, -0.2) is 0 Å². The maximum absolute atomic E-state index is 10.7. The van der Waals surface area contributed by atoms with Gasteiger partial charge in [0.1, 0.15) is 0 Å². The molecular weight excluding hydrogens is 415 g/mol. The number of halogens is 3. The van der Waals surface area contributed by atoms with Gasteiger partial charge in [-0.05, 0) is 44.8 Å². The molecule has 1 rings (SSSR count). The van der Waals surface area contributed by atoms with Crippen LogP contribution in [0.1, 0.15) is 110 Å². The second kappa shape index (κ2) is 17.2. The highest BCUT2D eigenvalue weighted by Crippen LogP contribution is 2.23. The van der Waals surface area contributed by atoms with Crippen molar-refractivity contribution >= 4 is 10.1 Å². The Morgan fingerprint density at radius 3 is 1.60 bits per heavy atom. The predicted molar refractivity (Wildman–Crippen MR) is 118 cm³/mol. The number of hydrogen-bond acceptors (Lipinski definition) is 3. The highest BCUT2D eigenvalue weighted by Gasteiger charge is 2.44. The van der Waals surface area contributed by atoms with Gasteiger partial charge < -0.3 is 4.90 Å². The van der Waals surface area contributed by atoms with Crippen molar-refractivity contribution < 1.29 is 26.1 Å². The number of likely N-dealkylation sites (tertiary alicyclic amines) is 1. The summed E-state index contributed by atoms with van der Waals surface area (Å²) >= 11 is 0. The fourth-order valence-corrected chi connectivity index (χ4v) is 3.81. The Labute approximate surface area is 182 Å². The first-order valence-corrected chi connectivity index (χ1v) is 13.3. The maximum atomic E-state index is 10.7. The summed E-state index contributed by atoms with van der Waals surface area (Å²) in [5.41, 5.74) is -5.53. The number of alkyl halides is 3. The van der Waals surface area contributed by atoms with Gasteiger partial charge in [0.2, 0.25) is 0 Å². The molecule has 30 heavy (non-hydrogen) atoms. The Hall–Kier alpha value is -0.340. The molecule has 0 amide bonds.